The third kappa shape index (κ3) is 3.98. The Kier molecular flexibility index (Phi) is 6.61. The molecule has 142 valence electrons. The summed E-state index contributed by atoms with van der Waals surface area (Å²) in [5.41, 5.74) is 6.10. The summed E-state index contributed by atoms with van der Waals surface area (Å²) >= 11 is 1.45. The van der Waals surface area contributed by atoms with E-state index in [9.17, 15) is 9.59 Å². The smallest absolute Gasteiger partial charge is 0.343 e. The van der Waals surface area contributed by atoms with Crippen LogP contribution in [0.1, 0.15) is 43.6 Å². The maximum Gasteiger partial charge on any atom is 0.343 e. The van der Waals surface area contributed by atoms with Crippen LogP contribution in [0.25, 0.3) is 0 Å². The first kappa shape index (κ1) is 19.8. The lowest BCUT2D eigenvalue weighted by molar-refractivity contribution is -0.119. The van der Waals surface area contributed by atoms with Crippen molar-refractivity contribution in [3.63, 3.8) is 0 Å². The van der Waals surface area contributed by atoms with Crippen LogP contribution in [0.15, 0.2) is 11.4 Å². The molecule has 0 aliphatic carbocycles. The highest BCUT2D eigenvalue weighted by Gasteiger charge is 2.27. The molecule has 2 aromatic rings. The van der Waals surface area contributed by atoms with E-state index >= 15 is 0 Å². The van der Waals surface area contributed by atoms with Gasteiger partial charge in [0.25, 0.3) is 0 Å². The molecule has 2 aromatic heterocycles. The van der Waals surface area contributed by atoms with Gasteiger partial charge in [-0.1, -0.05) is 25.6 Å². The highest BCUT2D eigenvalue weighted by molar-refractivity contribution is 7.99. The van der Waals surface area contributed by atoms with Crippen molar-refractivity contribution >= 4 is 35.4 Å². The quantitative estimate of drug-likeness (QED) is 0.519. The number of aromatic nitrogens is 5. The summed E-state index contributed by atoms with van der Waals surface area (Å²) in [7, 11) is 1.63. The highest BCUT2D eigenvalue weighted by Crippen LogP contribution is 2.26. The number of esters is 1. The fraction of sp³-hybridized carbons (Fsp3) is 0.533. The second-order valence-electron chi connectivity index (χ2n) is 5.31. The molecule has 0 spiro atoms. The lowest BCUT2D eigenvalue weighted by Gasteiger charge is -2.19. The van der Waals surface area contributed by atoms with Gasteiger partial charge in [-0.05, 0) is 19.1 Å². The zero-order valence-corrected chi connectivity index (χ0v) is 16.0. The number of thioether (sulfide) groups is 1. The number of nitrogens with one attached hydrogen (secondary N) is 1. The van der Waals surface area contributed by atoms with Gasteiger partial charge in [-0.2, -0.15) is 5.10 Å². The summed E-state index contributed by atoms with van der Waals surface area (Å²) in [6.07, 6.45) is 1.83. The van der Waals surface area contributed by atoms with E-state index in [1.165, 1.54) is 22.6 Å². The summed E-state index contributed by atoms with van der Waals surface area (Å²) in [6.45, 7) is 5.77. The summed E-state index contributed by atoms with van der Waals surface area (Å²) in [6, 6.07) is -0.621. The van der Waals surface area contributed by atoms with Crippen molar-refractivity contribution in [2.45, 2.75) is 38.4 Å². The molecule has 1 unspecified atom stereocenters. The van der Waals surface area contributed by atoms with Crippen LogP contribution in [0.3, 0.4) is 0 Å². The van der Waals surface area contributed by atoms with E-state index in [1.807, 2.05) is 13.8 Å². The van der Waals surface area contributed by atoms with Crippen molar-refractivity contribution in [3.05, 3.63) is 11.8 Å². The first-order valence-corrected chi connectivity index (χ1v) is 9.26. The molecule has 3 N–H and O–H groups in total. The molecule has 0 fully saturated rings. The van der Waals surface area contributed by atoms with Crippen LogP contribution in [0.4, 0.5) is 11.8 Å². The predicted molar refractivity (Wildman–Crippen MR) is 98.0 cm³/mol. The lowest BCUT2D eigenvalue weighted by Crippen LogP contribution is -2.28. The van der Waals surface area contributed by atoms with E-state index in [0.717, 1.165) is 5.75 Å². The predicted octanol–water partition coefficient (Wildman–Crippen LogP) is 1.47. The van der Waals surface area contributed by atoms with Crippen molar-refractivity contribution in [2.24, 2.45) is 7.05 Å². The van der Waals surface area contributed by atoms with Crippen LogP contribution in [0.2, 0.25) is 0 Å². The number of carbonyl (C=O) groups is 2. The molecule has 0 bridgehead atoms. The Morgan fingerprint density at radius 2 is 2.08 bits per heavy atom. The van der Waals surface area contributed by atoms with Gasteiger partial charge in [0.15, 0.2) is 5.16 Å². The molecule has 2 heterocycles. The first-order valence-electron chi connectivity index (χ1n) is 8.27. The molecule has 0 aliphatic rings. The molecule has 1 amide bonds. The fourth-order valence-corrected chi connectivity index (χ4v) is 3.15. The maximum atomic E-state index is 12.9. The number of nitrogens with zero attached hydrogens (tertiary/aromatic N) is 5. The van der Waals surface area contributed by atoms with Crippen molar-refractivity contribution < 1.29 is 14.3 Å². The molecular formula is C15H23N7O3S. The average Bonchev–Trinajstić information content (AvgIpc) is 3.14. The summed E-state index contributed by atoms with van der Waals surface area (Å²) in [5.74, 6) is 0.313. The number of hydrogen-bond acceptors (Lipinski definition) is 8. The normalized spacial score (nSPS) is 12.0. The van der Waals surface area contributed by atoms with Gasteiger partial charge in [-0.25, -0.2) is 4.79 Å². The Hall–Kier alpha value is -2.56. The Morgan fingerprint density at radius 1 is 1.35 bits per heavy atom. The van der Waals surface area contributed by atoms with E-state index in [2.05, 4.69) is 20.6 Å². The van der Waals surface area contributed by atoms with Gasteiger partial charge in [0.1, 0.15) is 17.4 Å². The van der Waals surface area contributed by atoms with E-state index in [-0.39, 0.29) is 29.8 Å². The van der Waals surface area contributed by atoms with Gasteiger partial charge in [0, 0.05) is 7.05 Å². The van der Waals surface area contributed by atoms with Gasteiger partial charge in [0.2, 0.25) is 11.9 Å². The lowest BCUT2D eigenvalue weighted by atomic mass is 10.2. The third-order valence-corrected chi connectivity index (χ3v) is 4.47. The summed E-state index contributed by atoms with van der Waals surface area (Å²) < 4.78 is 8.01. The van der Waals surface area contributed by atoms with Crippen molar-refractivity contribution in [1.29, 1.82) is 0 Å². The first-order chi connectivity index (χ1) is 12.4. The molecule has 0 saturated carbocycles. The minimum absolute atomic E-state index is 0.165. The molecule has 2 rings (SSSR count). The van der Waals surface area contributed by atoms with Gasteiger partial charge in [0.05, 0.1) is 12.8 Å². The van der Waals surface area contributed by atoms with E-state index in [4.69, 9.17) is 10.5 Å². The maximum absolute atomic E-state index is 12.9. The van der Waals surface area contributed by atoms with Gasteiger partial charge >= 0.3 is 5.97 Å². The van der Waals surface area contributed by atoms with Crippen LogP contribution < -0.4 is 11.1 Å². The molecule has 0 saturated heterocycles. The molecule has 0 aliphatic heterocycles. The molecule has 11 heteroatoms. The number of aryl methyl sites for hydroxylation is 1. The van der Waals surface area contributed by atoms with Crippen LogP contribution in [0.5, 0.6) is 0 Å². The van der Waals surface area contributed by atoms with Gasteiger partial charge in [-0.3, -0.25) is 14.0 Å². The number of hydrogen-bond donors (Lipinski definition) is 2. The molecule has 10 nitrogen and oxygen atoms in total. The third-order valence-electron chi connectivity index (χ3n) is 3.64. The Labute approximate surface area is 155 Å². The van der Waals surface area contributed by atoms with E-state index < -0.39 is 12.0 Å². The van der Waals surface area contributed by atoms with E-state index in [0.29, 0.717) is 11.6 Å². The second kappa shape index (κ2) is 8.70. The van der Waals surface area contributed by atoms with Crippen molar-refractivity contribution in [1.82, 2.24) is 24.5 Å². The van der Waals surface area contributed by atoms with Gasteiger partial charge < -0.3 is 15.8 Å². The number of amides is 1. The summed E-state index contributed by atoms with van der Waals surface area (Å²) in [4.78, 5) is 24.9. The Morgan fingerprint density at radius 3 is 2.69 bits per heavy atom. The highest BCUT2D eigenvalue weighted by atomic mass is 32.2. The van der Waals surface area contributed by atoms with Crippen molar-refractivity contribution in [2.75, 3.05) is 23.4 Å². The Balaban J connectivity index is 2.30. The average molecular weight is 381 g/mol. The number of nitrogen functional groups attached to an aromatic ring is 1. The molecule has 26 heavy (non-hydrogen) atoms. The number of rotatable bonds is 8. The van der Waals surface area contributed by atoms with Gasteiger partial charge in [-0.15, -0.1) is 10.2 Å². The van der Waals surface area contributed by atoms with Crippen LogP contribution >= 0.6 is 11.8 Å². The molecule has 0 radical (unpaired) electrons. The second-order valence-corrected chi connectivity index (χ2v) is 6.54. The largest absolute Gasteiger partial charge is 0.462 e. The van der Waals surface area contributed by atoms with Crippen LogP contribution in [-0.2, 0) is 16.6 Å². The number of nitrogens with two attached hydrogens (primary N) is 1. The summed E-state index contributed by atoms with van der Waals surface area (Å²) in [5, 5.41) is 15.2. The molecule has 1 atom stereocenters. The number of carbonyl (C=O) groups excluding carboxylic acids is 2. The van der Waals surface area contributed by atoms with E-state index in [1.54, 1.807) is 18.5 Å². The zero-order chi connectivity index (χ0) is 19.3. The molecular weight excluding hydrogens is 358 g/mol. The van der Waals surface area contributed by atoms with Crippen LogP contribution in [-0.4, -0.2) is 48.8 Å². The molecule has 0 aromatic carbocycles. The number of anilines is 2. The Bertz CT molecular complexity index is 786. The minimum Gasteiger partial charge on any atom is -0.462 e. The van der Waals surface area contributed by atoms with Crippen molar-refractivity contribution in [3.8, 4) is 0 Å². The zero-order valence-electron chi connectivity index (χ0n) is 15.2. The topological polar surface area (TPSA) is 130 Å². The fourth-order valence-electron chi connectivity index (χ4n) is 2.44. The number of ether oxygens (including phenoxy) is 1. The standard InChI is InChI=1S/C15H23N7O3S/c1-5-10(22-14(16)19-20-15(22)26-7-3)12(23)18-11-9(8-17-21(11)4)13(24)25-6-2/h8,10H,5-7H2,1-4H3,(H2,16,19)(H,18,23). The van der Waals surface area contributed by atoms with Crippen LogP contribution in [0, 0.1) is 0 Å². The monoisotopic (exact) mass is 381 g/mol. The minimum atomic E-state index is -0.621. The SMILES string of the molecule is CCOC(=O)c1cnn(C)c1NC(=O)C(CC)n1c(N)nnc1SCC.